The SMILES string of the molecule is CCNC(=NCC(=O)OC(C)(C)C)NC1CCN(c2c(F)cccc2F)C1.I. The first-order valence-electron chi connectivity index (χ1n) is 9.15. The second-order valence-electron chi connectivity index (χ2n) is 7.43. The number of carbonyl (C=O) groups is 1. The van der Waals surface area contributed by atoms with Crippen LogP contribution in [-0.2, 0) is 9.53 Å². The molecule has 0 spiro atoms. The lowest BCUT2D eigenvalue weighted by molar-refractivity contribution is -0.152. The van der Waals surface area contributed by atoms with Crippen molar-refractivity contribution in [3.8, 4) is 0 Å². The van der Waals surface area contributed by atoms with Crippen molar-refractivity contribution in [2.24, 2.45) is 4.99 Å². The van der Waals surface area contributed by atoms with E-state index in [-0.39, 0.29) is 42.3 Å². The molecule has 158 valence electrons. The summed E-state index contributed by atoms with van der Waals surface area (Å²) in [6.07, 6.45) is 0.699. The van der Waals surface area contributed by atoms with Crippen LogP contribution in [0.4, 0.5) is 14.5 Å². The Bertz CT molecular complexity index is 675. The summed E-state index contributed by atoms with van der Waals surface area (Å²) in [6, 6.07) is 3.82. The molecule has 0 aromatic heterocycles. The number of aliphatic imine (C=N–C) groups is 1. The molecule has 1 aliphatic rings. The molecule has 28 heavy (non-hydrogen) atoms. The van der Waals surface area contributed by atoms with Crippen LogP contribution in [0.15, 0.2) is 23.2 Å². The Balaban J connectivity index is 0.00000392. The molecule has 1 atom stereocenters. The molecule has 0 saturated carbocycles. The van der Waals surface area contributed by atoms with Gasteiger partial charge in [-0.1, -0.05) is 6.07 Å². The van der Waals surface area contributed by atoms with Gasteiger partial charge >= 0.3 is 5.97 Å². The number of esters is 1. The summed E-state index contributed by atoms with van der Waals surface area (Å²) in [4.78, 5) is 17.8. The smallest absolute Gasteiger partial charge is 0.328 e. The van der Waals surface area contributed by atoms with Crippen LogP contribution >= 0.6 is 24.0 Å². The Morgan fingerprint density at radius 1 is 1.32 bits per heavy atom. The summed E-state index contributed by atoms with van der Waals surface area (Å²) in [6.45, 7) is 8.80. The maximum atomic E-state index is 14.0. The highest BCUT2D eigenvalue weighted by molar-refractivity contribution is 14.0. The number of guanidine groups is 1. The number of rotatable bonds is 5. The predicted molar refractivity (Wildman–Crippen MR) is 117 cm³/mol. The standard InChI is InChI=1S/C19H28F2N4O2.HI/c1-5-22-18(23-11-16(26)27-19(2,3)4)24-13-9-10-25(12-13)17-14(20)7-6-8-15(17)21;/h6-8,13H,5,9-12H2,1-4H3,(H2,22,23,24);1H. The van der Waals surface area contributed by atoms with Gasteiger partial charge in [0.25, 0.3) is 0 Å². The van der Waals surface area contributed by atoms with Crippen molar-refractivity contribution in [1.29, 1.82) is 0 Å². The quantitative estimate of drug-likeness (QED) is 0.276. The van der Waals surface area contributed by atoms with Crippen molar-refractivity contribution in [2.45, 2.75) is 45.8 Å². The number of hydrogen-bond donors (Lipinski definition) is 2. The van der Waals surface area contributed by atoms with Crippen LogP contribution in [0.2, 0.25) is 0 Å². The lowest BCUT2D eigenvalue weighted by atomic mass is 10.2. The molecule has 1 fully saturated rings. The summed E-state index contributed by atoms with van der Waals surface area (Å²) in [5.41, 5.74) is -0.564. The molecule has 1 saturated heterocycles. The number of benzene rings is 1. The largest absolute Gasteiger partial charge is 0.459 e. The normalized spacial score (nSPS) is 17.1. The third-order valence-corrected chi connectivity index (χ3v) is 3.91. The summed E-state index contributed by atoms with van der Waals surface area (Å²) in [5, 5.41) is 6.29. The Morgan fingerprint density at radius 2 is 1.96 bits per heavy atom. The van der Waals surface area contributed by atoms with E-state index in [0.29, 0.717) is 32.0 Å². The first-order chi connectivity index (χ1) is 12.7. The van der Waals surface area contributed by atoms with Gasteiger partial charge in [-0.15, -0.1) is 24.0 Å². The van der Waals surface area contributed by atoms with E-state index in [0.717, 1.165) is 0 Å². The lowest BCUT2D eigenvalue weighted by Crippen LogP contribution is -2.45. The molecule has 1 aromatic carbocycles. The second-order valence-corrected chi connectivity index (χ2v) is 7.43. The van der Waals surface area contributed by atoms with Gasteiger partial charge in [-0.3, -0.25) is 4.79 Å². The lowest BCUT2D eigenvalue weighted by Gasteiger charge is -2.21. The van der Waals surface area contributed by atoms with Gasteiger partial charge in [-0.2, -0.15) is 0 Å². The first kappa shape index (κ1) is 24.4. The molecule has 1 unspecified atom stereocenters. The molecule has 0 aliphatic carbocycles. The van der Waals surface area contributed by atoms with Crippen LogP contribution in [-0.4, -0.2) is 49.8 Å². The number of nitrogens with zero attached hydrogens (tertiary/aromatic N) is 2. The number of carbonyl (C=O) groups excluding carboxylic acids is 1. The molecule has 0 bridgehead atoms. The second kappa shape index (κ2) is 10.8. The van der Waals surface area contributed by atoms with E-state index in [1.807, 2.05) is 6.92 Å². The van der Waals surface area contributed by atoms with Crippen LogP contribution in [0.25, 0.3) is 0 Å². The van der Waals surface area contributed by atoms with Gasteiger partial charge in [0, 0.05) is 25.7 Å². The molecule has 9 heteroatoms. The number of halogens is 3. The molecule has 2 rings (SSSR count). The van der Waals surface area contributed by atoms with Gasteiger partial charge in [0.2, 0.25) is 0 Å². The van der Waals surface area contributed by atoms with Crippen molar-refractivity contribution in [3.63, 3.8) is 0 Å². The Labute approximate surface area is 182 Å². The summed E-state index contributed by atoms with van der Waals surface area (Å²) < 4.78 is 33.2. The van der Waals surface area contributed by atoms with E-state index in [9.17, 15) is 13.6 Å². The van der Waals surface area contributed by atoms with Gasteiger partial charge in [-0.05, 0) is 46.2 Å². The number of hydrogen-bond acceptors (Lipinski definition) is 4. The average Bonchev–Trinajstić information content (AvgIpc) is 2.99. The molecule has 0 amide bonds. The monoisotopic (exact) mass is 510 g/mol. The molecule has 0 radical (unpaired) electrons. The molecule has 1 heterocycles. The zero-order valence-corrected chi connectivity index (χ0v) is 19.1. The van der Waals surface area contributed by atoms with Gasteiger partial charge in [-0.25, -0.2) is 13.8 Å². The van der Waals surface area contributed by atoms with Gasteiger partial charge < -0.3 is 20.3 Å². The van der Waals surface area contributed by atoms with E-state index in [1.165, 1.54) is 18.2 Å². The highest BCUT2D eigenvalue weighted by atomic mass is 127. The third kappa shape index (κ3) is 7.40. The highest BCUT2D eigenvalue weighted by Crippen LogP contribution is 2.26. The Hall–Kier alpha value is -1.65. The predicted octanol–water partition coefficient (Wildman–Crippen LogP) is 3.06. The zero-order valence-electron chi connectivity index (χ0n) is 16.7. The minimum Gasteiger partial charge on any atom is -0.459 e. The Morgan fingerprint density at radius 3 is 2.54 bits per heavy atom. The number of nitrogens with one attached hydrogen (secondary N) is 2. The van der Waals surface area contributed by atoms with Gasteiger partial charge in [0.05, 0.1) is 0 Å². The number of anilines is 1. The van der Waals surface area contributed by atoms with E-state index < -0.39 is 23.2 Å². The minimum absolute atomic E-state index is 0. The van der Waals surface area contributed by atoms with E-state index in [4.69, 9.17) is 4.74 Å². The van der Waals surface area contributed by atoms with Crippen LogP contribution < -0.4 is 15.5 Å². The van der Waals surface area contributed by atoms with Gasteiger partial charge in [0.1, 0.15) is 29.5 Å². The van der Waals surface area contributed by atoms with Gasteiger partial charge in [0.15, 0.2) is 5.96 Å². The molecule has 1 aliphatic heterocycles. The summed E-state index contributed by atoms with van der Waals surface area (Å²) >= 11 is 0. The highest BCUT2D eigenvalue weighted by Gasteiger charge is 2.27. The fourth-order valence-corrected chi connectivity index (χ4v) is 2.90. The summed E-state index contributed by atoms with van der Waals surface area (Å²) in [7, 11) is 0. The fraction of sp³-hybridized carbons (Fsp3) is 0.579. The van der Waals surface area contributed by atoms with Crippen LogP contribution in [0.5, 0.6) is 0 Å². The minimum atomic E-state index is -0.568. The zero-order chi connectivity index (χ0) is 20.0. The third-order valence-electron chi connectivity index (χ3n) is 3.91. The topological polar surface area (TPSA) is 66.0 Å². The molecular formula is C19H29F2IN4O2. The van der Waals surface area contributed by atoms with Crippen molar-refractivity contribution in [3.05, 3.63) is 29.8 Å². The van der Waals surface area contributed by atoms with Crippen molar-refractivity contribution < 1.29 is 18.3 Å². The first-order valence-corrected chi connectivity index (χ1v) is 9.15. The molecule has 6 nitrogen and oxygen atoms in total. The van der Waals surface area contributed by atoms with Crippen LogP contribution in [0.1, 0.15) is 34.1 Å². The van der Waals surface area contributed by atoms with Crippen LogP contribution in [0, 0.1) is 11.6 Å². The van der Waals surface area contributed by atoms with Crippen LogP contribution in [0.3, 0.4) is 0 Å². The molecule has 2 N–H and O–H groups in total. The average molecular weight is 510 g/mol. The Kier molecular flexibility index (Phi) is 9.38. The van der Waals surface area contributed by atoms with Crippen molar-refractivity contribution in [1.82, 2.24) is 10.6 Å². The fourth-order valence-electron chi connectivity index (χ4n) is 2.90. The van der Waals surface area contributed by atoms with Crippen molar-refractivity contribution >= 4 is 41.6 Å². The van der Waals surface area contributed by atoms with Crippen molar-refractivity contribution in [2.75, 3.05) is 31.1 Å². The number of para-hydroxylation sites is 1. The van der Waals surface area contributed by atoms with E-state index in [2.05, 4.69) is 15.6 Å². The number of ether oxygens (including phenoxy) is 1. The maximum absolute atomic E-state index is 14.0. The van der Waals surface area contributed by atoms with E-state index >= 15 is 0 Å². The molecule has 1 aromatic rings. The maximum Gasteiger partial charge on any atom is 0.328 e. The van der Waals surface area contributed by atoms with E-state index in [1.54, 1.807) is 25.7 Å². The summed E-state index contributed by atoms with van der Waals surface area (Å²) in [5.74, 6) is -1.08. The molecular weight excluding hydrogens is 481 g/mol.